The van der Waals surface area contributed by atoms with E-state index in [1.807, 2.05) is 54.6 Å². The van der Waals surface area contributed by atoms with Gasteiger partial charge in [0.2, 0.25) is 5.91 Å². The smallest absolute Gasteiger partial charge is 0.255 e. The fourth-order valence-corrected chi connectivity index (χ4v) is 3.63. The van der Waals surface area contributed by atoms with Crippen LogP contribution in [0.5, 0.6) is 0 Å². The predicted octanol–water partition coefficient (Wildman–Crippen LogP) is 4.49. The van der Waals surface area contributed by atoms with E-state index in [0.29, 0.717) is 12.1 Å². The quantitative estimate of drug-likeness (QED) is 0.575. The first-order chi connectivity index (χ1) is 13.5. The van der Waals surface area contributed by atoms with Crippen LogP contribution in [-0.2, 0) is 17.8 Å². The van der Waals surface area contributed by atoms with Crippen LogP contribution in [0.4, 0.5) is 5.69 Å². The number of fused-ring (bicyclic) bond motifs is 3. The summed E-state index contributed by atoms with van der Waals surface area (Å²) in [5.41, 5.74) is 7.21. The molecule has 1 N–H and O–H groups in total. The molecule has 0 spiro atoms. The molecule has 3 aromatic carbocycles. The fraction of sp³-hybridized carbons (Fsp3) is 0.167. The van der Waals surface area contributed by atoms with Gasteiger partial charge in [-0.15, -0.1) is 0 Å². The molecule has 140 valence electrons. The van der Waals surface area contributed by atoms with Gasteiger partial charge in [-0.1, -0.05) is 48.5 Å². The molecule has 0 radical (unpaired) electrons. The minimum absolute atomic E-state index is 0.0145. The van der Waals surface area contributed by atoms with Crippen LogP contribution in [0.2, 0.25) is 0 Å². The summed E-state index contributed by atoms with van der Waals surface area (Å²) in [5, 5.41) is 3.01. The molecule has 3 aromatic rings. The lowest BCUT2D eigenvalue weighted by Crippen LogP contribution is -2.24. The zero-order valence-corrected chi connectivity index (χ0v) is 16.0. The normalized spacial score (nSPS) is 11.5. The second-order valence-corrected chi connectivity index (χ2v) is 7.19. The summed E-state index contributed by atoms with van der Waals surface area (Å²) in [6.45, 7) is 1.98. The van der Waals surface area contributed by atoms with E-state index in [-0.39, 0.29) is 11.8 Å². The summed E-state index contributed by atoms with van der Waals surface area (Å²) < 4.78 is 0. The lowest BCUT2D eigenvalue weighted by atomic mass is 10.0. The number of benzene rings is 3. The Hall–Kier alpha value is -3.40. The van der Waals surface area contributed by atoms with Crippen LogP contribution in [0.1, 0.15) is 34.0 Å². The zero-order valence-electron chi connectivity index (χ0n) is 16.0. The number of nitrogens with zero attached hydrogens (tertiary/aromatic N) is 1. The summed E-state index contributed by atoms with van der Waals surface area (Å²) in [6, 6.07) is 21.8. The molecule has 0 bridgehead atoms. The minimum Gasteiger partial charge on any atom is -0.342 e. The Balaban J connectivity index is 1.56. The molecule has 0 unspecified atom stereocenters. The molecule has 4 rings (SSSR count). The molecule has 1 aliphatic rings. The molecule has 1 aliphatic carbocycles. The Morgan fingerprint density at radius 3 is 2.46 bits per heavy atom. The summed E-state index contributed by atoms with van der Waals surface area (Å²) in [5.74, 6) is -0.156. The van der Waals surface area contributed by atoms with Gasteiger partial charge in [0.25, 0.3) is 5.91 Å². The van der Waals surface area contributed by atoms with Crippen molar-refractivity contribution in [2.24, 2.45) is 0 Å². The highest BCUT2D eigenvalue weighted by Crippen LogP contribution is 2.36. The van der Waals surface area contributed by atoms with Crippen LogP contribution in [0.3, 0.4) is 0 Å². The van der Waals surface area contributed by atoms with E-state index < -0.39 is 0 Å². The minimum atomic E-state index is -0.142. The van der Waals surface area contributed by atoms with Crippen LogP contribution in [0.25, 0.3) is 11.1 Å². The number of nitrogens with one attached hydrogen (secondary N) is 1. The first kappa shape index (κ1) is 18.0. The second-order valence-electron chi connectivity index (χ2n) is 7.19. The van der Waals surface area contributed by atoms with Crippen LogP contribution < -0.4 is 5.32 Å². The van der Waals surface area contributed by atoms with Gasteiger partial charge in [-0.3, -0.25) is 9.59 Å². The van der Waals surface area contributed by atoms with Crippen molar-refractivity contribution in [3.8, 4) is 11.1 Å². The maximum Gasteiger partial charge on any atom is 0.255 e. The Kier molecular flexibility index (Phi) is 4.70. The van der Waals surface area contributed by atoms with Gasteiger partial charge in [0.15, 0.2) is 0 Å². The molecule has 0 atom stereocenters. The fourth-order valence-electron chi connectivity index (χ4n) is 3.63. The molecule has 4 nitrogen and oxygen atoms in total. The van der Waals surface area contributed by atoms with E-state index in [2.05, 4.69) is 17.4 Å². The van der Waals surface area contributed by atoms with Crippen molar-refractivity contribution in [1.29, 1.82) is 0 Å². The van der Waals surface area contributed by atoms with Crippen molar-refractivity contribution < 1.29 is 9.59 Å². The number of amides is 2. The summed E-state index contributed by atoms with van der Waals surface area (Å²) in [6.07, 6.45) is 0.854. The third kappa shape index (κ3) is 3.41. The van der Waals surface area contributed by atoms with Gasteiger partial charge < -0.3 is 10.2 Å². The third-order valence-electron chi connectivity index (χ3n) is 5.27. The molecule has 0 aromatic heterocycles. The van der Waals surface area contributed by atoms with Crippen molar-refractivity contribution in [2.75, 3.05) is 12.4 Å². The number of carbonyl (C=O) groups excluding carboxylic acids is 2. The molecule has 2 amide bonds. The Morgan fingerprint density at radius 2 is 1.64 bits per heavy atom. The summed E-state index contributed by atoms with van der Waals surface area (Å²) in [7, 11) is 1.75. The van der Waals surface area contributed by atoms with Gasteiger partial charge in [-0.05, 0) is 52.4 Å². The van der Waals surface area contributed by atoms with Crippen molar-refractivity contribution in [3.05, 3.63) is 89.0 Å². The monoisotopic (exact) mass is 370 g/mol. The van der Waals surface area contributed by atoms with Crippen molar-refractivity contribution >= 4 is 17.5 Å². The number of para-hydroxylation sites is 1. The predicted molar refractivity (Wildman–Crippen MR) is 111 cm³/mol. The lowest BCUT2D eigenvalue weighted by Gasteiger charge is -2.18. The maximum absolute atomic E-state index is 12.9. The first-order valence-electron chi connectivity index (χ1n) is 9.35. The van der Waals surface area contributed by atoms with Gasteiger partial charge in [0.1, 0.15) is 0 Å². The van der Waals surface area contributed by atoms with Crippen molar-refractivity contribution in [1.82, 2.24) is 4.90 Å². The van der Waals surface area contributed by atoms with Gasteiger partial charge >= 0.3 is 0 Å². The van der Waals surface area contributed by atoms with E-state index in [1.165, 1.54) is 29.2 Å². The highest BCUT2D eigenvalue weighted by Gasteiger charge is 2.19. The van der Waals surface area contributed by atoms with Gasteiger partial charge in [-0.25, -0.2) is 0 Å². The molecule has 4 heteroatoms. The molecule has 0 saturated carbocycles. The zero-order chi connectivity index (χ0) is 19.7. The van der Waals surface area contributed by atoms with Crippen LogP contribution in [0, 0.1) is 0 Å². The third-order valence-corrected chi connectivity index (χ3v) is 5.27. The van der Waals surface area contributed by atoms with Crippen LogP contribution in [-0.4, -0.2) is 23.8 Å². The second kappa shape index (κ2) is 7.31. The number of rotatable bonds is 4. The Bertz CT molecular complexity index is 1070. The SMILES string of the molecule is CC(=O)N(C)Cc1ccccc1NC(=O)c1ccc2c(c1)Cc1ccccc1-2. The lowest BCUT2D eigenvalue weighted by molar-refractivity contribution is -0.128. The molecule has 0 saturated heterocycles. The number of anilines is 1. The van der Waals surface area contributed by atoms with E-state index >= 15 is 0 Å². The van der Waals surface area contributed by atoms with Crippen LogP contribution in [0.15, 0.2) is 66.7 Å². The highest BCUT2D eigenvalue weighted by molar-refractivity contribution is 6.05. The average Bonchev–Trinajstić information content (AvgIpc) is 3.07. The largest absolute Gasteiger partial charge is 0.342 e. The van der Waals surface area contributed by atoms with Gasteiger partial charge in [0, 0.05) is 31.8 Å². The molecule has 0 heterocycles. The number of hydrogen-bond donors (Lipinski definition) is 1. The van der Waals surface area contributed by atoms with Crippen molar-refractivity contribution in [3.63, 3.8) is 0 Å². The number of carbonyl (C=O) groups is 2. The van der Waals surface area contributed by atoms with E-state index in [1.54, 1.807) is 11.9 Å². The first-order valence-corrected chi connectivity index (χ1v) is 9.35. The summed E-state index contributed by atoms with van der Waals surface area (Å²) >= 11 is 0. The highest BCUT2D eigenvalue weighted by atomic mass is 16.2. The average molecular weight is 370 g/mol. The Labute approximate surface area is 164 Å². The molecular formula is C24H22N2O2. The van der Waals surface area contributed by atoms with Crippen LogP contribution >= 0.6 is 0 Å². The molecule has 0 fully saturated rings. The van der Waals surface area contributed by atoms with E-state index in [0.717, 1.165) is 17.7 Å². The van der Waals surface area contributed by atoms with E-state index in [4.69, 9.17) is 0 Å². The number of hydrogen-bond acceptors (Lipinski definition) is 2. The molecule has 0 aliphatic heterocycles. The topological polar surface area (TPSA) is 49.4 Å². The molecule has 28 heavy (non-hydrogen) atoms. The standard InChI is InChI=1S/C24H22N2O2/c1-16(27)26(2)15-19-8-4-6-10-23(19)25-24(28)18-11-12-22-20(14-18)13-17-7-3-5-9-21(17)22/h3-12,14H,13,15H2,1-2H3,(H,25,28). The van der Waals surface area contributed by atoms with Gasteiger partial charge in [0.05, 0.1) is 0 Å². The molecular weight excluding hydrogens is 348 g/mol. The summed E-state index contributed by atoms with van der Waals surface area (Å²) in [4.78, 5) is 26.0. The van der Waals surface area contributed by atoms with E-state index in [9.17, 15) is 9.59 Å². The maximum atomic E-state index is 12.9. The van der Waals surface area contributed by atoms with Crippen molar-refractivity contribution in [2.45, 2.75) is 19.9 Å². The van der Waals surface area contributed by atoms with Gasteiger partial charge in [-0.2, -0.15) is 0 Å². The Morgan fingerprint density at radius 1 is 0.929 bits per heavy atom.